The molecule has 0 spiro atoms. The van der Waals surface area contributed by atoms with Gasteiger partial charge in [-0.1, -0.05) is 25.8 Å². The van der Waals surface area contributed by atoms with E-state index >= 15 is 0 Å². The van der Waals surface area contributed by atoms with Crippen molar-refractivity contribution in [2.75, 3.05) is 27.5 Å². The molecule has 1 N–H and O–H groups in total. The standard InChI is InChI=1S/C12H25NO3Si/c1-11(12-8-6-5-7-9-12)13-10-17(14-2,15-3)16-4/h12-13H,1,5-10H2,2-4H3. The first-order chi connectivity index (χ1) is 8.17. The monoisotopic (exact) mass is 259 g/mol. The van der Waals surface area contributed by atoms with Gasteiger partial charge in [0.05, 0.1) is 6.17 Å². The zero-order valence-electron chi connectivity index (χ0n) is 11.3. The van der Waals surface area contributed by atoms with Gasteiger partial charge in [-0.15, -0.1) is 0 Å². The second-order valence-electron chi connectivity index (χ2n) is 4.51. The lowest BCUT2D eigenvalue weighted by atomic mass is 9.87. The zero-order chi connectivity index (χ0) is 12.7. The minimum absolute atomic E-state index is 0.589. The van der Waals surface area contributed by atoms with E-state index in [1.807, 2.05) is 0 Å². The van der Waals surface area contributed by atoms with Gasteiger partial charge in [0.15, 0.2) is 0 Å². The molecular formula is C12H25NO3Si. The van der Waals surface area contributed by atoms with Gasteiger partial charge >= 0.3 is 8.80 Å². The van der Waals surface area contributed by atoms with E-state index in [-0.39, 0.29) is 0 Å². The van der Waals surface area contributed by atoms with Gasteiger partial charge in [0, 0.05) is 27.0 Å². The number of hydrogen-bond acceptors (Lipinski definition) is 4. The van der Waals surface area contributed by atoms with Crippen molar-refractivity contribution in [1.29, 1.82) is 0 Å². The maximum absolute atomic E-state index is 5.36. The lowest BCUT2D eigenvalue weighted by Crippen LogP contribution is -2.52. The Bertz CT molecular complexity index is 230. The van der Waals surface area contributed by atoms with Gasteiger partial charge in [-0.05, 0) is 18.8 Å². The molecule has 1 rings (SSSR count). The number of hydrogen-bond donors (Lipinski definition) is 1. The highest BCUT2D eigenvalue weighted by Crippen LogP contribution is 2.27. The molecule has 0 aliphatic heterocycles. The van der Waals surface area contributed by atoms with E-state index in [4.69, 9.17) is 13.3 Å². The van der Waals surface area contributed by atoms with Gasteiger partial charge in [0.25, 0.3) is 0 Å². The predicted octanol–water partition coefficient (Wildman–Crippen LogP) is 2.09. The van der Waals surface area contributed by atoms with Gasteiger partial charge in [0.1, 0.15) is 0 Å². The van der Waals surface area contributed by atoms with Crippen LogP contribution in [0.15, 0.2) is 12.3 Å². The van der Waals surface area contributed by atoms with Crippen molar-refractivity contribution in [3.63, 3.8) is 0 Å². The molecule has 1 saturated carbocycles. The minimum Gasteiger partial charge on any atom is -0.384 e. The molecule has 5 heteroatoms. The Morgan fingerprint density at radius 1 is 1.12 bits per heavy atom. The zero-order valence-corrected chi connectivity index (χ0v) is 12.3. The SMILES string of the molecule is C=C(NC[Si](OC)(OC)OC)C1CCCCC1. The summed E-state index contributed by atoms with van der Waals surface area (Å²) in [5.74, 6) is 0.598. The van der Waals surface area contributed by atoms with Crippen LogP contribution in [0.5, 0.6) is 0 Å². The van der Waals surface area contributed by atoms with Crippen LogP contribution < -0.4 is 5.32 Å². The summed E-state index contributed by atoms with van der Waals surface area (Å²) >= 11 is 0. The van der Waals surface area contributed by atoms with Crippen LogP contribution in [0.2, 0.25) is 0 Å². The lowest BCUT2D eigenvalue weighted by molar-refractivity contribution is 0.122. The molecule has 0 atom stereocenters. The molecule has 0 radical (unpaired) electrons. The predicted molar refractivity (Wildman–Crippen MR) is 70.5 cm³/mol. The molecule has 0 aromatic carbocycles. The van der Waals surface area contributed by atoms with Crippen LogP contribution in [0, 0.1) is 5.92 Å². The molecule has 4 nitrogen and oxygen atoms in total. The number of allylic oxidation sites excluding steroid dienone is 1. The van der Waals surface area contributed by atoms with E-state index in [0.29, 0.717) is 12.1 Å². The van der Waals surface area contributed by atoms with E-state index in [2.05, 4.69) is 11.9 Å². The van der Waals surface area contributed by atoms with Crippen LogP contribution in [0.4, 0.5) is 0 Å². The molecular weight excluding hydrogens is 234 g/mol. The van der Waals surface area contributed by atoms with Gasteiger partial charge in [-0.2, -0.15) is 0 Å². The van der Waals surface area contributed by atoms with Crippen LogP contribution >= 0.6 is 0 Å². The van der Waals surface area contributed by atoms with Crippen LogP contribution in [0.1, 0.15) is 32.1 Å². The quantitative estimate of drug-likeness (QED) is 0.711. The second kappa shape index (κ2) is 7.16. The summed E-state index contributed by atoms with van der Waals surface area (Å²) in [6.45, 7) is 4.13. The summed E-state index contributed by atoms with van der Waals surface area (Å²) in [7, 11) is 2.37. The normalized spacial score (nSPS) is 18.1. The molecule has 0 saturated heterocycles. The topological polar surface area (TPSA) is 39.7 Å². The molecule has 0 unspecified atom stereocenters. The Balaban J connectivity index is 2.40. The average molecular weight is 259 g/mol. The Hall–Kier alpha value is -0.363. The van der Waals surface area contributed by atoms with Crippen molar-refractivity contribution >= 4 is 8.80 Å². The van der Waals surface area contributed by atoms with E-state index in [0.717, 1.165) is 5.70 Å². The molecule has 1 aliphatic carbocycles. The van der Waals surface area contributed by atoms with Crippen molar-refractivity contribution in [2.45, 2.75) is 32.1 Å². The fourth-order valence-corrected chi connectivity index (χ4v) is 3.66. The number of nitrogens with one attached hydrogen (secondary N) is 1. The Morgan fingerprint density at radius 3 is 2.12 bits per heavy atom. The molecule has 0 bridgehead atoms. The molecule has 0 aromatic rings. The molecule has 0 heterocycles. The second-order valence-corrected chi connectivity index (χ2v) is 7.45. The van der Waals surface area contributed by atoms with Crippen molar-refractivity contribution in [1.82, 2.24) is 5.32 Å². The van der Waals surface area contributed by atoms with E-state index in [9.17, 15) is 0 Å². The maximum Gasteiger partial charge on any atom is 0.520 e. The van der Waals surface area contributed by atoms with Crippen molar-refractivity contribution < 1.29 is 13.3 Å². The summed E-state index contributed by atoms with van der Waals surface area (Å²) in [6.07, 6.45) is 7.06. The van der Waals surface area contributed by atoms with E-state index in [1.54, 1.807) is 21.3 Å². The van der Waals surface area contributed by atoms with E-state index < -0.39 is 8.80 Å². The van der Waals surface area contributed by atoms with Crippen molar-refractivity contribution in [3.8, 4) is 0 Å². The fourth-order valence-electron chi connectivity index (χ4n) is 2.28. The highest BCUT2D eigenvalue weighted by atomic mass is 28.4. The third-order valence-electron chi connectivity index (χ3n) is 3.56. The highest BCUT2D eigenvalue weighted by Gasteiger charge is 2.38. The molecule has 100 valence electrons. The third kappa shape index (κ3) is 4.10. The summed E-state index contributed by atoms with van der Waals surface area (Å²) in [5.41, 5.74) is 1.10. The molecule has 0 aromatic heterocycles. The summed E-state index contributed by atoms with van der Waals surface area (Å²) < 4.78 is 16.1. The van der Waals surface area contributed by atoms with Crippen molar-refractivity contribution in [2.24, 2.45) is 5.92 Å². The van der Waals surface area contributed by atoms with Gasteiger partial charge in [0.2, 0.25) is 0 Å². The fraction of sp³-hybridized carbons (Fsp3) is 0.833. The lowest BCUT2D eigenvalue weighted by Gasteiger charge is -2.29. The first kappa shape index (κ1) is 14.7. The summed E-state index contributed by atoms with van der Waals surface area (Å²) in [4.78, 5) is 0. The summed E-state index contributed by atoms with van der Waals surface area (Å²) in [5, 5.41) is 3.34. The Kier molecular flexibility index (Phi) is 6.19. The Labute approximate surface area is 106 Å². The maximum atomic E-state index is 5.36. The Morgan fingerprint density at radius 2 is 1.65 bits per heavy atom. The summed E-state index contributed by atoms with van der Waals surface area (Å²) in [6, 6.07) is 0. The first-order valence-corrected chi connectivity index (χ1v) is 8.18. The van der Waals surface area contributed by atoms with Gasteiger partial charge in [-0.25, -0.2) is 0 Å². The molecule has 17 heavy (non-hydrogen) atoms. The first-order valence-electron chi connectivity index (χ1n) is 6.25. The minimum atomic E-state index is -2.52. The molecule has 1 aliphatic rings. The molecule has 0 amide bonds. The van der Waals surface area contributed by atoms with Crippen LogP contribution in [-0.2, 0) is 13.3 Å². The van der Waals surface area contributed by atoms with Crippen molar-refractivity contribution in [3.05, 3.63) is 12.3 Å². The highest BCUT2D eigenvalue weighted by molar-refractivity contribution is 6.60. The third-order valence-corrected chi connectivity index (χ3v) is 6.04. The van der Waals surface area contributed by atoms with Gasteiger partial charge in [-0.3, -0.25) is 0 Å². The number of rotatable bonds is 7. The van der Waals surface area contributed by atoms with E-state index in [1.165, 1.54) is 32.1 Å². The molecule has 1 fully saturated rings. The average Bonchev–Trinajstić information content (AvgIpc) is 2.41. The largest absolute Gasteiger partial charge is 0.520 e. The van der Waals surface area contributed by atoms with Crippen LogP contribution in [0.3, 0.4) is 0 Å². The smallest absolute Gasteiger partial charge is 0.384 e. The van der Waals surface area contributed by atoms with Crippen LogP contribution in [0.25, 0.3) is 0 Å². The van der Waals surface area contributed by atoms with Crippen LogP contribution in [-0.4, -0.2) is 36.3 Å². The van der Waals surface area contributed by atoms with Gasteiger partial charge < -0.3 is 18.6 Å².